The van der Waals surface area contributed by atoms with Crippen LogP contribution in [0, 0.1) is 11.7 Å². The molecule has 0 fully saturated rings. The van der Waals surface area contributed by atoms with E-state index in [1.54, 1.807) is 19.0 Å². The molecule has 0 aliphatic rings. The zero-order valence-corrected chi connectivity index (χ0v) is 11.3. The lowest BCUT2D eigenvalue weighted by atomic mass is 10.1. The molecular formula is C13H20FN3O. The van der Waals surface area contributed by atoms with Crippen LogP contribution in [0.2, 0.25) is 0 Å². The van der Waals surface area contributed by atoms with E-state index in [4.69, 9.17) is 0 Å². The van der Waals surface area contributed by atoms with Gasteiger partial charge in [-0.1, -0.05) is 20.3 Å². The number of hydrogen-bond donors (Lipinski definition) is 1. The third-order valence-electron chi connectivity index (χ3n) is 2.99. The van der Waals surface area contributed by atoms with Crippen molar-refractivity contribution in [1.82, 2.24) is 9.88 Å². The molecule has 100 valence electrons. The molecular weight excluding hydrogens is 233 g/mol. The predicted octanol–water partition coefficient (Wildman–Crippen LogP) is 2.38. The van der Waals surface area contributed by atoms with Crippen LogP contribution < -0.4 is 5.32 Å². The molecule has 0 spiro atoms. The highest BCUT2D eigenvalue weighted by Gasteiger charge is 2.19. The molecule has 18 heavy (non-hydrogen) atoms. The fourth-order valence-corrected chi connectivity index (χ4v) is 1.67. The van der Waals surface area contributed by atoms with Gasteiger partial charge in [0.05, 0.1) is 5.56 Å². The predicted molar refractivity (Wildman–Crippen MR) is 70.2 cm³/mol. The molecule has 1 amide bonds. The summed E-state index contributed by atoms with van der Waals surface area (Å²) in [6, 6.07) is 1.41. The van der Waals surface area contributed by atoms with E-state index in [1.807, 2.05) is 0 Å². The van der Waals surface area contributed by atoms with Crippen molar-refractivity contribution < 1.29 is 9.18 Å². The van der Waals surface area contributed by atoms with Gasteiger partial charge in [-0.25, -0.2) is 9.37 Å². The van der Waals surface area contributed by atoms with Crippen LogP contribution in [0.5, 0.6) is 0 Å². The largest absolute Gasteiger partial charge is 0.371 e. The SMILES string of the molecule is CCC(C)CN(C)C(=O)c1ccnc(NC)c1F. The summed E-state index contributed by atoms with van der Waals surface area (Å²) < 4.78 is 13.9. The fraction of sp³-hybridized carbons (Fsp3) is 0.538. The Morgan fingerprint density at radius 2 is 2.28 bits per heavy atom. The van der Waals surface area contributed by atoms with E-state index in [9.17, 15) is 9.18 Å². The smallest absolute Gasteiger partial charge is 0.256 e. The van der Waals surface area contributed by atoms with Crippen LogP contribution in [-0.2, 0) is 0 Å². The lowest BCUT2D eigenvalue weighted by molar-refractivity contribution is 0.0770. The second kappa shape index (κ2) is 6.33. The van der Waals surface area contributed by atoms with Crippen molar-refractivity contribution in [1.29, 1.82) is 0 Å². The van der Waals surface area contributed by atoms with Crippen LogP contribution in [0.15, 0.2) is 12.3 Å². The van der Waals surface area contributed by atoms with Crippen molar-refractivity contribution in [3.8, 4) is 0 Å². The van der Waals surface area contributed by atoms with E-state index in [0.717, 1.165) is 6.42 Å². The highest BCUT2D eigenvalue weighted by Crippen LogP contribution is 2.16. The summed E-state index contributed by atoms with van der Waals surface area (Å²) in [7, 11) is 3.26. The molecule has 1 aromatic heterocycles. The van der Waals surface area contributed by atoms with Gasteiger partial charge in [-0.2, -0.15) is 0 Å². The van der Waals surface area contributed by atoms with Crippen molar-refractivity contribution in [3.05, 3.63) is 23.6 Å². The Morgan fingerprint density at radius 1 is 1.61 bits per heavy atom. The van der Waals surface area contributed by atoms with E-state index in [-0.39, 0.29) is 17.3 Å². The van der Waals surface area contributed by atoms with Crippen molar-refractivity contribution in [2.24, 2.45) is 5.92 Å². The van der Waals surface area contributed by atoms with E-state index in [0.29, 0.717) is 12.5 Å². The second-order valence-corrected chi connectivity index (χ2v) is 4.47. The summed E-state index contributed by atoms with van der Waals surface area (Å²) in [5.74, 6) is -0.418. The molecule has 0 saturated carbocycles. The van der Waals surface area contributed by atoms with Crippen LogP contribution in [0.1, 0.15) is 30.6 Å². The van der Waals surface area contributed by atoms with Gasteiger partial charge in [0, 0.05) is 26.8 Å². The van der Waals surface area contributed by atoms with Crippen molar-refractivity contribution in [2.75, 3.05) is 26.0 Å². The number of aromatic nitrogens is 1. The Bertz CT molecular complexity index is 423. The molecule has 0 aromatic carbocycles. The van der Waals surface area contributed by atoms with Crippen LogP contribution in [0.4, 0.5) is 10.2 Å². The minimum Gasteiger partial charge on any atom is -0.371 e. The number of pyridine rings is 1. The summed E-state index contributed by atoms with van der Waals surface area (Å²) in [5, 5.41) is 2.62. The third kappa shape index (κ3) is 3.18. The lowest BCUT2D eigenvalue weighted by Crippen LogP contribution is -2.31. The molecule has 0 saturated heterocycles. The standard InChI is InChI=1S/C13H20FN3O/c1-5-9(2)8-17(4)13(18)10-6-7-16-12(15-3)11(10)14/h6-7,9H,5,8H2,1-4H3,(H,15,16). The Morgan fingerprint density at radius 3 is 2.83 bits per heavy atom. The first-order chi connectivity index (χ1) is 8.51. The number of hydrogen-bond acceptors (Lipinski definition) is 3. The molecule has 5 heteroatoms. The number of rotatable bonds is 5. The molecule has 0 aliphatic heterocycles. The molecule has 0 radical (unpaired) electrons. The van der Waals surface area contributed by atoms with Gasteiger partial charge in [0.25, 0.3) is 5.91 Å². The maximum Gasteiger partial charge on any atom is 0.256 e. The maximum atomic E-state index is 13.9. The molecule has 1 N–H and O–H groups in total. The van der Waals surface area contributed by atoms with Gasteiger partial charge >= 0.3 is 0 Å². The molecule has 0 aliphatic carbocycles. The number of carbonyl (C=O) groups excluding carboxylic acids is 1. The fourth-order valence-electron chi connectivity index (χ4n) is 1.67. The first kappa shape index (κ1) is 14.4. The van der Waals surface area contributed by atoms with Gasteiger partial charge in [-0.15, -0.1) is 0 Å². The maximum absolute atomic E-state index is 13.9. The van der Waals surface area contributed by atoms with Gasteiger partial charge in [-0.3, -0.25) is 4.79 Å². The van der Waals surface area contributed by atoms with Crippen molar-refractivity contribution in [2.45, 2.75) is 20.3 Å². The summed E-state index contributed by atoms with van der Waals surface area (Å²) in [6.07, 6.45) is 2.41. The van der Waals surface area contributed by atoms with E-state index >= 15 is 0 Å². The average Bonchev–Trinajstić information content (AvgIpc) is 2.38. The first-order valence-corrected chi connectivity index (χ1v) is 6.08. The minimum atomic E-state index is -0.596. The lowest BCUT2D eigenvalue weighted by Gasteiger charge is -2.21. The van der Waals surface area contributed by atoms with Gasteiger partial charge < -0.3 is 10.2 Å². The van der Waals surface area contributed by atoms with Crippen LogP contribution >= 0.6 is 0 Å². The Labute approximate surface area is 107 Å². The number of nitrogens with zero attached hydrogens (tertiary/aromatic N) is 2. The summed E-state index contributed by atoms with van der Waals surface area (Å²) in [6.45, 7) is 4.74. The van der Waals surface area contributed by atoms with Gasteiger partial charge in [0.1, 0.15) is 0 Å². The van der Waals surface area contributed by atoms with Crippen molar-refractivity contribution >= 4 is 11.7 Å². The third-order valence-corrected chi connectivity index (χ3v) is 2.99. The Kier molecular flexibility index (Phi) is 5.07. The first-order valence-electron chi connectivity index (χ1n) is 6.08. The quantitative estimate of drug-likeness (QED) is 0.876. The average molecular weight is 253 g/mol. The number of nitrogens with one attached hydrogen (secondary N) is 1. The van der Waals surface area contributed by atoms with E-state index in [2.05, 4.69) is 24.1 Å². The van der Waals surface area contributed by atoms with Gasteiger partial charge in [0.15, 0.2) is 11.6 Å². The highest BCUT2D eigenvalue weighted by atomic mass is 19.1. The number of halogens is 1. The molecule has 1 aromatic rings. The van der Waals surface area contributed by atoms with Crippen molar-refractivity contribution in [3.63, 3.8) is 0 Å². The number of amides is 1. The molecule has 1 rings (SSSR count). The van der Waals surface area contributed by atoms with Crippen LogP contribution in [-0.4, -0.2) is 36.4 Å². The van der Waals surface area contributed by atoms with E-state index in [1.165, 1.54) is 12.3 Å². The minimum absolute atomic E-state index is 0.0557. The van der Waals surface area contributed by atoms with Gasteiger partial charge in [0.2, 0.25) is 0 Å². The zero-order valence-electron chi connectivity index (χ0n) is 11.3. The Hall–Kier alpha value is -1.65. The van der Waals surface area contributed by atoms with Crippen LogP contribution in [0.25, 0.3) is 0 Å². The van der Waals surface area contributed by atoms with E-state index < -0.39 is 5.82 Å². The highest BCUT2D eigenvalue weighted by molar-refractivity contribution is 5.95. The summed E-state index contributed by atoms with van der Waals surface area (Å²) in [4.78, 5) is 17.5. The van der Waals surface area contributed by atoms with Crippen LogP contribution in [0.3, 0.4) is 0 Å². The van der Waals surface area contributed by atoms with Gasteiger partial charge in [-0.05, 0) is 12.0 Å². The molecule has 4 nitrogen and oxygen atoms in total. The number of anilines is 1. The second-order valence-electron chi connectivity index (χ2n) is 4.47. The number of carbonyl (C=O) groups is 1. The monoisotopic (exact) mass is 253 g/mol. The zero-order chi connectivity index (χ0) is 13.7. The summed E-state index contributed by atoms with van der Waals surface area (Å²) in [5.41, 5.74) is 0.0557. The molecule has 0 bridgehead atoms. The summed E-state index contributed by atoms with van der Waals surface area (Å²) >= 11 is 0. The molecule has 1 unspecified atom stereocenters. The Balaban J connectivity index is 2.90. The normalized spacial score (nSPS) is 12.1. The molecule has 1 heterocycles. The molecule has 1 atom stereocenters. The topological polar surface area (TPSA) is 45.2 Å².